The van der Waals surface area contributed by atoms with Crippen molar-refractivity contribution in [3.05, 3.63) is 101 Å². The molecular formula is C33H32ClN7O9S5. The molecule has 2 unspecified atom stereocenters. The summed E-state index contributed by atoms with van der Waals surface area (Å²) in [6.45, 7) is 0.822. The number of hydrogen-bond donors (Lipinski definition) is 3. The van der Waals surface area contributed by atoms with E-state index in [0.717, 1.165) is 23.3 Å². The third-order valence-electron chi connectivity index (χ3n) is 8.04. The fourth-order valence-electron chi connectivity index (χ4n) is 5.57. The van der Waals surface area contributed by atoms with Crippen LogP contribution in [0.4, 0.5) is 27.3 Å². The second kappa shape index (κ2) is 16.6. The first kappa shape index (κ1) is 40.0. The normalized spacial score (nSPS) is 17.5. The second-order valence-corrected chi connectivity index (χ2v) is 19.1. The summed E-state index contributed by atoms with van der Waals surface area (Å²) >= 11 is 8.35. The summed E-state index contributed by atoms with van der Waals surface area (Å²) in [7, 11) is -11.2. The Bertz CT molecular complexity index is 2470. The molecule has 4 heterocycles. The summed E-state index contributed by atoms with van der Waals surface area (Å²) in [6.07, 6.45) is 3.71. The van der Waals surface area contributed by atoms with Crippen LogP contribution in [-0.4, -0.2) is 78.5 Å². The SMILES string of the molecule is CS(=O)(=O)OC1CCN(c2ccc(S(=O)(=O)Nc3nccs3)cc2)C1=O.O=C1C(Nc2cccc(Cl)c2)CCN1c1ccc(S(=O)(=O)Nc2nccs2)cc1. The maximum absolute atomic E-state index is 12.8. The Kier molecular flexibility index (Phi) is 12.1. The number of rotatable bonds is 12. The summed E-state index contributed by atoms with van der Waals surface area (Å²) in [6, 6.07) is 18.8. The van der Waals surface area contributed by atoms with Gasteiger partial charge in [0.15, 0.2) is 16.4 Å². The molecule has 2 fully saturated rings. The highest BCUT2D eigenvalue weighted by atomic mass is 35.5. The maximum atomic E-state index is 12.8. The molecule has 16 nitrogen and oxygen atoms in total. The van der Waals surface area contributed by atoms with Gasteiger partial charge in [0.05, 0.1) is 16.0 Å². The molecule has 290 valence electrons. The number of carbonyl (C=O) groups excluding carboxylic acids is 2. The molecule has 2 saturated heterocycles. The van der Waals surface area contributed by atoms with Crippen LogP contribution in [-0.2, 0) is 43.9 Å². The fraction of sp³-hybridized carbons (Fsp3) is 0.212. The van der Waals surface area contributed by atoms with E-state index in [1.54, 1.807) is 39.9 Å². The highest BCUT2D eigenvalue weighted by Gasteiger charge is 2.36. The number of carbonyl (C=O) groups is 2. The zero-order valence-electron chi connectivity index (χ0n) is 28.6. The Morgan fingerprint density at radius 3 is 1.71 bits per heavy atom. The average molecular weight is 866 g/mol. The van der Waals surface area contributed by atoms with Crippen LogP contribution < -0.4 is 24.6 Å². The summed E-state index contributed by atoms with van der Waals surface area (Å²) in [4.78, 5) is 36.0. The number of nitrogens with one attached hydrogen (secondary N) is 3. The Hall–Kier alpha value is -4.64. The van der Waals surface area contributed by atoms with E-state index in [2.05, 4.69) is 24.7 Å². The first-order valence-corrected chi connectivity index (χ1v) is 23.1. The van der Waals surface area contributed by atoms with Gasteiger partial charge in [-0.2, -0.15) is 8.42 Å². The first-order valence-electron chi connectivity index (χ1n) is 16.2. The number of benzene rings is 3. The maximum Gasteiger partial charge on any atom is 0.265 e. The van der Waals surface area contributed by atoms with Crippen LogP contribution in [0, 0.1) is 0 Å². The molecule has 2 aliphatic rings. The summed E-state index contributed by atoms with van der Waals surface area (Å²) in [5, 5.41) is 7.70. The van der Waals surface area contributed by atoms with Crippen molar-refractivity contribution in [2.45, 2.75) is 34.8 Å². The number of amides is 2. The third kappa shape index (κ3) is 10.2. The Morgan fingerprint density at radius 1 is 0.727 bits per heavy atom. The van der Waals surface area contributed by atoms with Gasteiger partial charge in [-0.1, -0.05) is 17.7 Å². The number of nitrogens with zero attached hydrogens (tertiary/aromatic N) is 4. The molecule has 7 rings (SSSR count). The van der Waals surface area contributed by atoms with Crippen LogP contribution in [0.15, 0.2) is 106 Å². The molecule has 55 heavy (non-hydrogen) atoms. The van der Waals surface area contributed by atoms with Gasteiger partial charge in [-0.3, -0.25) is 23.2 Å². The topological polar surface area (TPSA) is 214 Å². The van der Waals surface area contributed by atoms with Crippen molar-refractivity contribution in [1.29, 1.82) is 0 Å². The molecule has 0 spiro atoms. The van der Waals surface area contributed by atoms with Crippen molar-refractivity contribution < 1.29 is 39.0 Å². The van der Waals surface area contributed by atoms with Crippen molar-refractivity contribution in [1.82, 2.24) is 9.97 Å². The van der Waals surface area contributed by atoms with Crippen LogP contribution in [0.25, 0.3) is 0 Å². The number of aromatic nitrogens is 2. The quantitative estimate of drug-likeness (QED) is 0.144. The molecule has 2 aromatic heterocycles. The summed E-state index contributed by atoms with van der Waals surface area (Å²) in [5.41, 5.74) is 1.90. The number of sulfonamides is 2. The van der Waals surface area contributed by atoms with Crippen molar-refractivity contribution in [2.24, 2.45) is 0 Å². The van der Waals surface area contributed by atoms with Gasteiger partial charge in [0.1, 0.15) is 6.04 Å². The number of thiazole rings is 2. The molecule has 22 heteroatoms. The van der Waals surface area contributed by atoms with Gasteiger partial charge in [-0.05, 0) is 73.2 Å². The largest absolute Gasteiger partial charge is 0.374 e. The monoisotopic (exact) mass is 865 g/mol. The van der Waals surface area contributed by atoms with Gasteiger partial charge >= 0.3 is 0 Å². The minimum Gasteiger partial charge on any atom is -0.374 e. The highest BCUT2D eigenvalue weighted by Crippen LogP contribution is 2.28. The van der Waals surface area contributed by atoms with E-state index in [0.29, 0.717) is 34.5 Å². The molecule has 2 atom stereocenters. The summed E-state index contributed by atoms with van der Waals surface area (Å²) in [5.74, 6) is -0.548. The van der Waals surface area contributed by atoms with E-state index in [4.69, 9.17) is 15.8 Å². The molecule has 0 bridgehead atoms. The lowest BCUT2D eigenvalue weighted by Crippen LogP contribution is -2.33. The van der Waals surface area contributed by atoms with Crippen molar-refractivity contribution in [2.75, 3.05) is 43.9 Å². The van der Waals surface area contributed by atoms with Crippen LogP contribution >= 0.6 is 34.3 Å². The number of halogens is 1. The highest BCUT2D eigenvalue weighted by molar-refractivity contribution is 7.93. The second-order valence-electron chi connectivity index (χ2n) is 11.9. The lowest BCUT2D eigenvalue weighted by Gasteiger charge is -2.18. The van der Waals surface area contributed by atoms with Gasteiger partial charge < -0.3 is 15.1 Å². The van der Waals surface area contributed by atoms with Crippen LogP contribution in [0.1, 0.15) is 12.8 Å². The van der Waals surface area contributed by atoms with E-state index >= 15 is 0 Å². The standard InChI is InChI=1S/C19H17ClN4O3S2.C14H15N3O6S3/c20-13-2-1-3-14(12-13)22-17-8-10-24(18(17)25)15-4-6-16(7-5-15)29(26,27)23-19-21-9-11-28-19;1-25(19,20)23-12-6-8-17(13(12)18)10-2-4-11(5-3-10)26(21,22)16-14-15-7-9-24-14/h1-7,9,11-12,17,22H,8,10H2,(H,21,23);2-5,7,9,12H,6,8H2,1H3,(H,15,16). The smallest absolute Gasteiger partial charge is 0.265 e. The molecule has 0 radical (unpaired) electrons. The molecule has 3 aromatic carbocycles. The van der Waals surface area contributed by atoms with Crippen molar-refractivity contribution in [3.63, 3.8) is 0 Å². The van der Waals surface area contributed by atoms with Gasteiger partial charge in [-0.25, -0.2) is 26.8 Å². The van der Waals surface area contributed by atoms with E-state index < -0.39 is 42.2 Å². The van der Waals surface area contributed by atoms with Gasteiger partial charge in [0.25, 0.3) is 36.1 Å². The number of anilines is 5. The first-order chi connectivity index (χ1) is 26.1. The molecule has 5 aromatic rings. The van der Waals surface area contributed by atoms with E-state index in [9.17, 15) is 34.8 Å². The predicted octanol–water partition coefficient (Wildman–Crippen LogP) is 4.84. The lowest BCUT2D eigenvalue weighted by molar-refractivity contribution is -0.122. The zero-order valence-corrected chi connectivity index (χ0v) is 33.4. The molecule has 0 aliphatic carbocycles. The summed E-state index contributed by atoms with van der Waals surface area (Å²) < 4.78 is 81.4. The molecule has 0 saturated carbocycles. The minimum absolute atomic E-state index is 0.0204. The Balaban J connectivity index is 0.000000188. The third-order valence-corrected chi connectivity index (χ3v) is 13.2. The fourth-order valence-corrected chi connectivity index (χ4v) is 9.93. The average Bonchev–Trinajstić information content (AvgIpc) is 3.96. The van der Waals surface area contributed by atoms with Crippen molar-refractivity contribution >= 4 is 104 Å². The minimum atomic E-state index is -3.78. The van der Waals surface area contributed by atoms with Crippen LogP contribution in [0.3, 0.4) is 0 Å². The van der Waals surface area contributed by atoms with Crippen molar-refractivity contribution in [3.8, 4) is 0 Å². The Labute approximate surface area is 330 Å². The van der Waals surface area contributed by atoms with Gasteiger partial charge in [0.2, 0.25) is 5.91 Å². The van der Waals surface area contributed by atoms with E-state index in [1.165, 1.54) is 65.0 Å². The zero-order chi connectivity index (χ0) is 39.4. The predicted molar refractivity (Wildman–Crippen MR) is 211 cm³/mol. The van der Waals surface area contributed by atoms with E-state index in [1.807, 2.05) is 12.1 Å². The van der Waals surface area contributed by atoms with E-state index in [-0.39, 0.29) is 39.8 Å². The van der Waals surface area contributed by atoms with Gasteiger partial charge in [-0.15, -0.1) is 22.7 Å². The molecule has 2 amide bonds. The molecular weight excluding hydrogens is 834 g/mol. The van der Waals surface area contributed by atoms with Gasteiger partial charge in [0, 0.05) is 64.7 Å². The molecule has 2 aliphatic heterocycles. The Morgan fingerprint density at radius 2 is 1.24 bits per heavy atom. The van der Waals surface area contributed by atoms with Crippen LogP contribution in [0.2, 0.25) is 5.02 Å². The molecule has 3 N–H and O–H groups in total. The lowest BCUT2D eigenvalue weighted by atomic mass is 10.2. The van der Waals surface area contributed by atoms with Crippen LogP contribution in [0.5, 0.6) is 0 Å². The number of hydrogen-bond acceptors (Lipinski definition) is 14.